The largest absolute Gasteiger partial charge is 0.479 e. The van der Waals surface area contributed by atoms with Crippen LogP contribution in [0.5, 0.6) is 0 Å². The van der Waals surface area contributed by atoms with Crippen molar-refractivity contribution in [1.29, 1.82) is 0 Å². The Morgan fingerprint density at radius 2 is 1.77 bits per heavy atom. The van der Waals surface area contributed by atoms with Gasteiger partial charge in [-0.05, 0) is 29.2 Å². The smallest absolute Gasteiger partial charge is 0.360 e. The van der Waals surface area contributed by atoms with Gasteiger partial charge in [-0.2, -0.15) is 0 Å². The fourth-order valence-electron chi connectivity index (χ4n) is 2.72. The van der Waals surface area contributed by atoms with E-state index in [1.807, 2.05) is 0 Å². The molecule has 2 aromatic rings. The van der Waals surface area contributed by atoms with Crippen molar-refractivity contribution in [2.75, 3.05) is 5.73 Å². The van der Waals surface area contributed by atoms with Crippen LogP contribution in [0.3, 0.4) is 0 Å². The van der Waals surface area contributed by atoms with Gasteiger partial charge in [-0.25, -0.2) is 9.59 Å². The zero-order valence-corrected chi connectivity index (χ0v) is 17.5. The highest BCUT2D eigenvalue weighted by atomic mass is 31.2. The number of nitrogens with two attached hydrogens (primary N) is 2. The summed E-state index contributed by atoms with van der Waals surface area (Å²) in [7, 11) is -5.06. The van der Waals surface area contributed by atoms with Crippen LogP contribution in [0, 0.1) is 5.92 Å². The molecule has 0 aliphatic rings. The quantitative estimate of drug-likeness (QED) is 0.263. The first-order valence-electron chi connectivity index (χ1n) is 9.08. The van der Waals surface area contributed by atoms with Gasteiger partial charge in [0.2, 0.25) is 5.28 Å². The van der Waals surface area contributed by atoms with Gasteiger partial charge in [0.05, 0.1) is 0 Å². The second kappa shape index (κ2) is 9.40. The minimum absolute atomic E-state index is 0.0283. The molecule has 6 N–H and O–H groups in total. The van der Waals surface area contributed by atoms with Gasteiger partial charge in [0, 0.05) is 5.69 Å². The second-order valence-corrected chi connectivity index (χ2v) is 9.05. The van der Waals surface area contributed by atoms with Gasteiger partial charge in [0.25, 0.3) is 0 Å². The molecule has 0 fully saturated rings. The molecule has 30 heavy (non-hydrogen) atoms. The van der Waals surface area contributed by atoms with Crippen molar-refractivity contribution in [2.45, 2.75) is 31.8 Å². The fraction of sp³-hybridized carbons (Fsp3) is 0.300. The number of hydrogen-bond acceptors (Lipinski definition) is 7. The first-order valence-corrected chi connectivity index (χ1v) is 10.7. The number of nitrogen functional groups attached to an aromatic ring is 1. The molecule has 0 aromatic heterocycles. The van der Waals surface area contributed by atoms with Crippen LogP contribution in [0.2, 0.25) is 0 Å². The molecular weight excluding hydrogens is 411 g/mol. The monoisotopic (exact) mass is 436 g/mol. The fourth-order valence-corrected chi connectivity index (χ4v) is 4.34. The molecule has 0 radical (unpaired) electrons. The van der Waals surface area contributed by atoms with E-state index >= 15 is 0 Å². The van der Waals surface area contributed by atoms with Gasteiger partial charge in [0.15, 0.2) is 6.10 Å². The summed E-state index contributed by atoms with van der Waals surface area (Å²) in [5, 5.41) is 7.03. The maximum absolute atomic E-state index is 13.1. The van der Waals surface area contributed by atoms with E-state index in [9.17, 15) is 24.2 Å². The molecule has 0 saturated carbocycles. The van der Waals surface area contributed by atoms with Crippen LogP contribution in [0.25, 0.3) is 0 Å². The second-order valence-electron chi connectivity index (χ2n) is 7.06. The number of rotatable bonds is 9. The van der Waals surface area contributed by atoms with E-state index in [0.717, 1.165) is 0 Å². The minimum Gasteiger partial charge on any atom is -0.479 e. The SMILES string of the molecule is CC(C)C(N)(C(=O)OCc1ccccc1)P(=O)(O)OC(C(=O)O)c1cccc(N)c1. The number of carbonyl (C=O) groups excluding carboxylic acids is 1. The van der Waals surface area contributed by atoms with E-state index in [4.69, 9.17) is 20.7 Å². The molecule has 0 aliphatic heterocycles. The van der Waals surface area contributed by atoms with Crippen LogP contribution in [-0.4, -0.2) is 27.2 Å². The van der Waals surface area contributed by atoms with Crippen molar-refractivity contribution >= 4 is 25.2 Å². The summed E-state index contributed by atoms with van der Waals surface area (Å²) in [6.07, 6.45) is -1.87. The predicted octanol–water partition coefficient (Wildman–Crippen LogP) is 2.65. The average molecular weight is 436 g/mol. The van der Waals surface area contributed by atoms with Gasteiger partial charge < -0.3 is 26.2 Å². The molecule has 0 amide bonds. The molecule has 9 nitrogen and oxygen atoms in total. The Labute approximate surface area is 174 Å². The lowest BCUT2D eigenvalue weighted by molar-refractivity contribution is -0.152. The Morgan fingerprint density at radius 3 is 2.30 bits per heavy atom. The predicted molar refractivity (Wildman–Crippen MR) is 110 cm³/mol. The third kappa shape index (κ3) is 5.06. The molecule has 2 aromatic carbocycles. The van der Waals surface area contributed by atoms with Crippen LogP contribution in [0.1, 0.15) is 31.1 Å². The van der Waals surface area contributed by atoms with Crippen molar-refractivity contribution in [3.63, 3.8) is 0 Å². The van der Waals surface area contributed by atoms with Gasteiger partial charge in [0.1, 0.15) is 6.61 Å². The number of carboxylic acids is 1. The standard InChI is InChI=1S/C20H25N2O7P/c1-13(2)20(22,19(25)28-12-14-7-4-3-5-8-14)30(26,27)29-17(18(23)24)15-9-6-10-16(21)11-15/h3-11,13,17H,12,21-22H2,1-2H3,(H,23,24)(H,26,27). The highest BCUT2D eigenvalue weighted by Gasteiger charge is 2.57. The molecular formula is C20H25N2O7P. The number of benzene rings is 2. The van der Waals surface area contributed by atoms with Gasteiger partial charge in [-0.15, -0.1) is 0 Å². The van der Waals surface area contributed by atoms with E-state index < -0.39 is 36.8 Å². The number of esters is 1. The zero-order chi connectivity index (χ0) is 22.5. The summed E-state index contributed by atoms with van der Waals surface area (Å²) in [5.41, 5.74) is 12.6. The van der Waals surface area contributed by atoms with Crippen LogP contribution in [0.4, 0.5) is 5.69 Å². The molecule has 162 valence electrons. The van der Waals surface area contributed by atoms with Gasteiger partial charge >= 0.3 is 19.5 Å². The number of ether oxygens (including phenoxy) is 1. The Kier molecular flexibility index (Phi) is 7.39. The summed E-state index contributed by atoms with van der Waals surface area (Å²) >= 11 is 0. The summed E-state index contributed by atoms with van der Waals surface area (Å²) in [5.74, 6) is -3.63. The van der Waals surface area contributed by atoms with Crippen molar-refractivity contribution in [2.24, 2.45) is 11.7 Å². The summed E-state index contributed by atoms with van der Waals surface area (Å²) < 4.78 is 23.4. The zero-order valence-electron chi connectivity index (χ0n) is 16.6. The maximum Gasteiger partial charge on any atom is 0.360 e. The third-order valence-electron chi connectivity index (χ3n) is 4.57. The Morgan fingerprint density at radius 1 is 1.13 bits per heavy atom. The van der Waals surface area contributed by atoms with E-state index in [1.54, 1.807) is 30.3 Å². The van der Waals surface area contributed by atoms with Crippen LogP contribution in [0.15, 0.2) is 54.6 Å². The van der Waals surface area contributed by atoms with Gasteiger partial charge in [-0.3, -0.25) is 9.09 Å². The highest BCUT2D eigenvalue weighted by Crippen LogP contribution is 2.59. The van der Waals surface area contributed by atoms with E-state index in [2.05, 4.69) is 0 Å². The number of aliphatic carboxylic acids is 1. The van der Waals surface area contributed by atoms with Crippen LogP contribution < -0.4 is 11.5 Å². The summed E-state index contributed by atoms with van der Waals surface area (Å²) in [6.45, 7) is 2.70. The number of hydrogen-bond donors (Lipinski definition) is 4. The Bertz CT molecular complexity index is 951. The van der Waals surface area contributed by atoms with Crippen molar-refractivity contribution < 1.29 is 33.4 Å². The number of carboxylic acid groups (broad SMARTS) is 1. The lowest BCUT2D eigenvalue weighted by Crippen LogP contribution is -2.53. The highest BCUT2D eigenvalue weighted by molar-refractivity contribution is 7.55. The first kappa shape index (κ1) is 23.6. The Balaban J connectivity index is 2.31. The molecule has 3 unspecified atom stereocenters. The van der Waals surface area contributed by atoms with Gasteiger partial charge in [-0.1, -0.05) is 56.3 Å². The summed E-state index contributed by atoms with van der Waals surface area (Å²) in [6, 6.07) is 14.3. The first-order chi connectivity index (χ1) is 14.0. The van der Waals surface area contributed by atoms with Crippen molar-refractivity contribution in [1.82, 2.24) is 0 Å². The van der Waals surface area contributed by atoms with E-state index in [0.29, 0.717) is 5.56 Å². The number of anilines is 1. The number of carbonyl (C=O) groups is 2. The summed E-state index contributed by atoms with van der Waals surface area (Å²) in [4.78, 5) is 35.1. The van der Waals surface area contributed by atoms with Crippen LogP contribution in [-0.2, 0) is 30.0 Å². The van der Waals surface area contributed by atoms with Crippen LogP contribution >= 0.6 is 7.60 Å². The maximum atomic E-state index is 13.1. The lowest BCUT2D eigenvalue weighted by atomic mass is 10.1. The van der Waals surface area contributed by atoms with E-state index in [1.165, 1.54) is 38.1 Å². The van der Waals surface area contributed by atoms with Crippen molar-refractivity contribution in [3.8, 4) is 0 Å². The third-order valence-corrected chi connectivity index (χ3v) is 6.70. The molecule has 0 heterocycles. The topological polar surface area (TPSA) is 162 Å². The lowest BCUT2D eigenvalue weighted by Gasteiger charge is -2.35. The molecule has 0 bridgehead atoms. The Hall–Kier alpha value is -2.71. The molecule has 0 spiro atoms. The molecule has 0 saturated heterocycles. The molecule has 10 heteroatoms. The molecule has 2 rings (SSSR count). The van der Waals surface area contributed by atoms with E-state index in [-0.39, 0.29) is 17.9 Å². The minimum atomic E-state index is -5.06. The van der Waals surface area contributed by atoms with Crippen molar-refractivity contribution in [3.05, 3.63) is 65.7 Å². The molecule has 3 atom stereocenters. The normalized spacial score (nSPS) is 16.3. The average Bonchev–Trinajstić information content (AvgIpc) is 2.69. The molecule has 0 aliphatic carbocycles.